The van der Waals surface area contributed by atoms with Gasteiger partial charge in [0.2, 0.25) is 15.9 Å². The predicted molar refractivity (Wildman–Crippen MR) is 96.1 cm³/mol. The number of benzene rings is 1. The van der Waals surface area contributed by atoms with Crippen molar-refractivity contribution in [3.8, 4) is 5.75 Å². The van der Waals surface area contributed by atoms with Gasteiger partial charge in [-0.25, -0.2) is 8.42 Å². The third kappa shape index (κ3) is 5.70. The van der Waals surface area contributed by atoms with Crippen LogP contribution >= 0.6 is 11.6 Å². The summed E-state index contributed by atoms with van der Waals surface area (Å²) < 4.78 is 30.0. The summed E-state index contributed by atoms with van der Waals surface area (Å²) in [6.45, 7) is -0.324. The molecule has 25 heavy (non-hydrogen) atoms. The van der Waals surface area contributed by atoms with Gasteiger partial charge in [0.15, 0.2) is 0 Å². The van der Waals surface area contributed by atoms with E-state index in [0.717, 1.165) is 10.6 Å². The van der Waals surface area contributed by atoms with E-state index in [4.69, 9.17) is 16.3 Å². The Labute approximate surface area is 151 Å². The first-order valence-electron chi connectivity index (χ1n) is 7.28. The number of hydrogen-bond acceptors (Lipinski definition) is 5. The molecule has 0 unspecified atom stereocenters. The van der Waals surface area contributed by atoms with E-state index in [-0.39, 0.29) is 13.1 Å². The van der Waals surface area contributed by atoms with Crippen LogP contribution in [0.5, 0.6) is 5.75 Å². The largest absolute Gasteiger partial charge is 0.495 e. The van der Waals surface area contributed by atoms with Crippen LogP contribution in [0.3, 0.4) is 0 Å². The van der Waals surface area contributed by atoms with Crippen LogP contribution in [0.2, 0.25) is 5.02 Å². The molecule has 9 heteroatoms. The van der Waals surface area contributed by atoms with Crippen molar-refractivity contribution < 1.29 is 17.9 Å². The van der Waals surface area contributed by atoms with Gasteiger partial charge in [0, 0.05) is 11.9 Å². The van der Waals surface area contributed by atoms with Crippen molar-refractivity contribution in [1.82, 2.24) is 9.29 Å². The molecule has 0 radical (unpaired) electrons. The van der Waals surface area contributed by atoms with E-state index < -0.39 is 15.9 Å². The van der Waals surface area contributed by atoms with Crippen molar-refractivity contribution in [2.75, 3.05) is 25.2 Å². The highest BCUT2D eigenvalue weighted by Crippen LogP contribution is 2.27. The highest BCUT2D eigenvalue weighted by Gasteiger charge is 2.21. The minimum absolute atomic E-state index is 0.0104. The molecule has 0 fully saturated rings. The lowest BCUT2D eigenvalue weighted by atomic mass is 10.3. The molecule has 0 saturated heterocycles. The number of anilines is 1. The van der Waals surface area contributed by atoms with E-state index >= 15 is 0 Å². The summed E-state index contributed by atoms with van der Waals surface area (Å²) in [4.78, 5) is 16.3. The number of amides is 1. The van der Waals surface area contributed by atoms with Gasteiger partial charge in [-0.2, -0.15) is 4.31 Å². The fraction of sp³-hybridized carbons (Fsp3) is 0.250. The SMILES string of the molecule is COc1ccc(NC(=O)CN(Cc2ccccn2)S(C)(=O)=O)cc1Cl. The Balaban J connectivity index is 2.08. The molecule has 0 saturated carbocycles. The van der Waals surface area contributed by atoms with Gasteiger partial charge >= 0.3 is 0 Å². The average molecular weight is 384 g/mol. The maximum absolute atomic E-state index is 12.2. The van der Waals surface area contributed by atoms with E-state index in [1.165, 1.54) is 13.2 Å². The number of carbonyl (C=O) groups excluding carboxylic acids is 1. The number of rotatable bonds is 7. The number of carbonyl (C=O) groups is 1. The molecule has 0 aliphatic rings. The first kappa shape index (κ1) is 19.2. The second kappa shape index (κ2) is 8.28. The van der Waals surface area contributed by atoms with Crippen LogP contribution < -0.4 is 10.1 Å². The van der Waals surface area contributed by atoms with E-state index in [1.807, 2.05) is 0 Å². The number of ether oxygens (including phenoxy) is 1. The number of halogens is 1. The summed E-state index contributed by atoms with van der Waals surface area (Å²) in [5.41, 5.74) is 0.996. The van der Waals surface area contributed by atoms with E-state index in [0.29, 0.717) is 22.2 Å². The number of nitrogens with one attached hydrogen (secondary N) is 1. The van der Waals surface area contributed by atoms with Crippen molar-refractivity contribution in [2.24, 2.45) is 0 Å². The van der Waals surface area contributed by atoms with Crippen LogP contribution in [0.15, 0.2) is 42.6 Å². The molecule has 2 rings (SSSR count). The third-order valence-corrected chi connectivity index (χ3v) is 4.78. The zero-order chi connectivity index (χ0) is 18.4. The van der Waals surface area contributed by atoms with Gasteiger partial charge in [0.25, 0.3) is 0 Å². The van der Waals surface area contributed by atoms with Crippen LogP contribution in [0, 0.1) is 0 Å². The van der Waals surface area contributed by atoms with Crippen LogP contribution in [0.1, 0.15) is 5.69 Å². The fourth-order valence-electron chi connectivity index (χ4n) is 2.07. The third-order valence-electron chi connectivity index (χ3n) is 3.29. The Morgan fingerprint density at radius 3 is 2.64 bits per heavy atom. The molecule has 2 aromatic rings. The van der Waals surface area contributed by atoms with E-state index in [1.54, 1.807) is 36.5 Å². The van der Waals surface area contributed by atoms with Crippen LogP contribution in [0.25, 0.3) is 0 Å². The minimum Gasteiger partial charge on any atom is -0.495 e. The van der Waals surface area contributed by atoms with Gasteiger partial charge in [0.05, 0.1) is 37.2 Å². The lowest BCUT2D eigenvalue weighted by Gasteiger charge is -2.19. The van der Waals surface area contributed by atoms with Gasteiger partial charge in [-0.15, -0.1) is 0 Å². The number of nitrogens with zero attached hydrogens (tertiary/aromatic N) is 2. The van der Waals surface area contributed by atoms with Crippen molar-refractivity contribution >= 4 is 33.2 Å². The van der Waals surface area contributed by atoms with Gasteiger partial charge in [-0.1, -0.05) is 17.7 Å². The van der Waals surface area contributed by atoms with Crippen LogP contribution in [0.4, 0.5) is 5.69 Å². The quantitative estimate of drug-likeness (QED) is 0.791. The zero-order valence-corrected chi connectivity index (χ0v) is 15.3. The zero-order valence-electron chi connectivity index (χ0n) is 13.8. The Bertz CT molecular complexity index is 844. The number of pyridine rings is 1. The molecule has 0 atom stereocenters. The van der Waals surface area contributed by atoms with Crippen molar-refractivity contribution in [3.63, 3.8) is 0 Å². The first-order chi connectivity index (χ1) is 11.8. The molecule has 1 amide bonds. The maximum Gasteiger partial charge on any atom is 0.239 e. The molecule has 0 aliphatic carbocycles. The Hall–Kier alpha value is -2.16. The Morgan fingerprint density at radius 1 is 1.32 bits per heavy atom. The van der Waals surface area contributed by atoms with Crippen LogP contribution in [-0.4, -0.2) is 43.5 Å². The van der Waals surface area contributed by atoms with Gasteiger partial charge in [-0.05, 0) is 30.3 Å². The second-order valence-electron chi connectivity index (χ2n) is 5.25. The topological polar surface area (TPSA) is 88.6 Å². The number of aromatic nitrogens is 1. The first-order valence-corrected chi connectivity index (χ1v) is 9.50. The summed E-state index contributed by atoms with van der Waals surface area (Å²) >= 11 is 6.01. The van der Waals surface area contributed by atoms with E-state index in [9.17, 15) is 13.2 Å². The molecule has 134 valence electrons. The summed E-state index contributed by atoms with van der Waals surface area (Å²) in [7, 11) is -2.10. The Kier molecular flexibility index (Phi) is 6.35. The molecule has 7 nitrogen and oxygen atoms in total. The molecule has 1 heterocycles. The monoisotopic (exact) mass is 383 g/mol. The Morgan fingerprint density at radius 2 is 2.08 bits per heavy atom. The highest BCUT2D eigenvalue weighted by molar-refractivity contribution is 7.88. The maximum atomic E-state index is 12.2. The van der Waals surface area contributed by atoms with Crippen molar-refractivity contribution in [3.05, 3.63) is 53.3 Å². The normalized spacial score (nSPS) is 11.4. The van der Waals surface area contributed by atoms with Gasteiger partial charge in [-0.3, -0.25) is 9.78 Å². The summed E-state index contributed by atoms with van der Waals surface area (Å²) in [6.07, 6.45) is 2.61. The van der Waals surface area contributed by atoms with Crippen molar-refractivity contribution in [2.45, 2.75) is 6.54 Å². The van der Waals surface area contributed by atoms with Gasteiger partial charge in [0.1, 0.15) is 5.75 Å². The molecule has 1 N–H and O–H groups in total. The summed E-state index contributed by atoms with van der Waals surface area (Å²) in [6, 6.07) is 9.93. The van der Waals surface area contributed by atoms with Crippen molar-refractivity contribution in [1.29, 1.82) is 0 Å². The standard InChI is InChI=1S/C16H18ClN3O4S/c1-24-15-7-6-12(9-14(15)17)19-16(21)11-20(25(2,22)23)10-13-5-3-4-8-18-13/h3-9H,10-11H2,1-2H3,(H,19,21). The minimum atomic E-state index is -3.58. The molecule has 0 spiro atoms. The lowest BCUT2D eigenvalue weighted by Crippen LogP contribution is -2.37. The molecular formula is C16H18ClN3O4S. The number of methoxy groups -OCH3 is 1. The summed E-state index contributed by atoms with van der Waals surface area (Å²) in [5.74, 6) is -0.00447. The predicted octanol–water partition coefficient (Wildman–Crippen LogP) is 2.14. The highest BCUT2D eigenvalue weighted by atomic mass is 35.5. The summed E-state index contributed by atoms with van der Waals surface area (Å²) in [5, 5.41) is 2.96. The second-order valence-corrected chi connectivity index (χ2v) is 7.64. The lowest BCUT2D eigenvalue weighted by molar-refractivity contribution is -0.116. The smallest absolute Gasteiger partial charge is 0.239 e. The molecule has 0 aliphatic heterocycles. The fourth-order valence-corrected chi connectivity index (χ4v) is 3.04. The molecule has 0 bridgehead atoms. The number of sulfonamides is 1. The average Bonchev–Trinajstić information content (AvgIpc) is 2.54. The number of hydrogen-bond donors (Lipinski definition) is 1. The molecule has 1 aromatic heterocycles. The molecular weight excluding hydrogens is 366 g/mol. The van der Waals surface area contributed by atoms with E-state index in [2.05, 4.69) is 10.3 Å². The molecule has 1 aromatic carbocycles. The van der Waals surface area contributed by atoms with Gasteiger partial charge < -0.3 is 10.1 Å². The van der Waals surface area contributed by atoms with Crippen LogP contribution in [-0.2, 0) is 21.4 Å².